The van der Waals surface area contributed by atoms with Crippen LogP contribution in [0.2, 0.25) is 0 Å². The highest BCUT2D eigenvalue weighted by molar-refractivity contribution is 7.80. The van der Waals surface area contributed by atoms with E-state index in [2.05, 4.69) is 12.6 Å². The van der Waals surface area contributed by atoms with Crippen molar-refractivity contribution in [2.24, 2.45) is 11.8 Å². The number of carbonyl (C=O) groups excluding carboxylic acids is 4. The van der Waals surface area contributed by atoms with Gasteiger partial charge in [-0.1, -0.05) is 0 Å². The molecule has 10 atom stereocenters. The van der Waals surface area contributed by atoms with Crippen LogP contribution in [0.5, 0.6) is 0 Å². The van der Waals surface area contributed by atoms with Crippen molar-refractivity contribution in [1.82, 2.24) is 20.4 Å². The molecule has 0 unspecified atom stereocenters. The fraction of sp³-hybridized carbons (Fsp3) is 0.786. The zero-order chi connectivity index (χ0) is 37.6. The van der Waals surface area contributed by atoms with Crippen LogP contribution < -0.4 is 10.6 Å². The number of carboxylic acid groups (broad SMARTS) is 2. The molecule has 0 aromatic heterocycles. The Labute approximate surface area is 286 Å². The van der Waals surface area contributed by atoms with Gasteiger partial charge in [-0.25, -0.2) is 4.79 Å². The number of hydrogen-bond donors (Lipinski definition) is 13. The molecular weight excluding hydrogens is 680 g/mol. The lowest BCUT2D eigenvalue weighted by molar-refractivity contribution is -0.149. The standard InChI is InChI=1S/C28H48N4O16S/c1-31-2-4-32(5-3-31)9-13(35)6-14(22(41)24(43)19(37)10-33)26(45)29-16(8-21(39)40)18(36)7-15(23(42)25(44)20(38)11-34)27(46)30-17(12-49)28(47)48/h14-17,19-20,22-25,33-34,37-38,41-44,49H,2-12H2,1H3,(H,29,45)(H,30,46)(H,39,40)(H,47,48)/t14-,15-,16-,17+,19+,20+,22+,23+,24+,25+/m0/s1. The molecule has 49 heavy (non-hydrogen) atoms. The molecule has 1 fully saturated rings. The van der Waals surface area contributed by atoms with Crippen molar-refractivity contribution < 1.29 is 79.8 Å². The number of Topliss-reactive ketones (excluding diaryl/α,β-unsaturated/α-hetero) is 2. The minimum Gasteiger partial charge on any atom is -0.481 e. The van der Waals surface area contributed by atoms with E-state index in [1.807, 2.05) is 22.6 Å². The highest BCUT2D eigenvalue weighted by Gasteiger charge is 2.42. The van der Waals surface area contributed by atoms with E-state index in [1.54, 1.807) is 4.90 Å². The molecule has 21 heteroatoms. The van der Waals surface area contributed by atoms with Crippen molar-refractivity contribution in [3.05, 3.63) is 0 Å². The highest BCUT2D eigenvalue weighted by Crippen LogP contribution is 2.21. The molecule has 1 heterocycles. The summed E-state index contributed by atoms with van der Waals surface area (Å²) in [4.78, 5) is 79.8. The van der Waals surface area contributed by atoms with E-state index >= 15 is 0 Å². The van der Waals surface area contributed by atoms with Gasteiger partial charge in [-0.3, -0.25) is 28.9 Å². The summed E-state index contributed by atoms with van der Waals surface area (Å²) < 4.78 is 0. The first-order valence-corrected chi connectivity index (χ1v) is 15.9. The highest BCUT2D eigenvalue weighted by atomic mass is 32.1. The third-order valence-corrected chi connectivity index (χ3v) is 8.47. The van der Waals surface area contributed by atoms with E-state index in [1.165, 1.54) is 0 Å². The monoisotopic (exact) mass is 728 g/mol. The lowest BCUT2D eigenvalue weighted by atomic mass is 9.86. The van der Waals surface area contributed by atoms with E-state index in [9.17, 15) is 74.7 Å². The molecule has 0 radical (unpaired) electrons. The number of nitrogens with one attached hydrogen (secondary N) is 2. The summed E-state index contributed by atoms with van der Waals surface area (Å²) in [7, 11) is 1.88. The number of aliphatic carboxylic acids is 2. The van der Waals surface area contributed by atoms with Gasteiger partial charge < -0.3 is 66.6 Å². The SMILES string of the molecule is CN1CCN(CC(=O)C[C@H](C(=O)N[C@@H](CC(=O)O)C(=O)C[C@H](C(=O)N[C@H](CS)C(=O)O)[C@@H](O)[C@H](O)[C@H](O)CO)[C@@H](O)[C@H](O)[C@H](O)CO)CC1. The summed E-state index contributed by atoms with van der Waals surface area (Å²) >= 11 is 3.79. The van der Waals surface area contributed by atoms with Crippen LogP contribution in [-0.2, 0) is 28.8 Å². The fourth-order valence-electron chi connectivity index (χ4n) is 4.97. The molecule has 0 aliphatic carbocycles. The van der Waals surface area contributed by atoms with Gasteiger partial charge in [0.25, 0.3) is 0 Å². The van der Waals surface area contributed by atoms with Gasteiger partial charge in [-0.15, -0.1) is 0 Å². The Bertz CT molecular complexity index is 1130. The van der Waals surface area contributed by atoms with E-state index in [0.717, 1.165) is 0 Å². The number of aliphatic hydroxyl groups is 8. The number of piperazine rings is 1. The number of carboxylic acids is 2. The molecule has 1 rings (SSSR count). The topological polar surface area (TPSA) is 335 Å². The molecule has 0 spiro atoms. The maximum absolute atomic E-state index is 13.5. The number of rotatable bonds is 23. The predicted octanol–water partition coefficient (Wildman–Crippen LogP) is -7.01. The van der Waals surface area contributed by atoms with Crippen molar-refractivity contribution >= 4 is 47.9 Å². The van der Waals surface area contributed by atoms with Crippen LogP contribution in [0.25, 0.3) is 0 Å². The Balaban J connectivity index is 3.38. The van der Waals surface area contributed by atoms with Crippen LogP contribution in [0.3, 0.4) is 0 Å². The normalized spacial score (nSPS) is 20.4. The van der Waals surface area contributed by atoms with Crippen molar-refractivity contribution in [1.29, 1.82) is 0 Å². The van der Waals surface area contributed by atoms with Crippen LogP contribution >= 0.6 is 12.6 Å². The van der Waals surface area contributed by atoms with Gasteiger partial charge >= 0.3 is 11.9 Å². The van der Waals surface area contributed by atoms with Crippen LogP contribution in [0.1, 0.15) is 19.3 Å². The molecule has 0 bridgehead atoms. The Kier molecular flexibility index (Phi) is 19.3. The average molecular weight is 729 g/mol. The largest absolute Gasteiger partial charge is 0.481 e. The summed E-state index contributed by atoms with van der Waals surface area (Å²) in [5.41, 5.74) is 0. The average Bonchev–Trinajstić information content (AvgIpc) is 3.06. The maximum atomic E-state index is 13.5. The first kappa shape index (κ1) is 44.2. The van der Waals surface area contributed by atoms with Crippen LogP contribution in [0.4, 0.5) is 0 Å². The van der Waals surface area contributed by atoms with E-state index in [4.69, 9.17) is 5.11 Å². The van der Waals surface area contributed by atoms with Gasteiger partial charge in [0, 0.05) is 44.8 Å². The Morgan fingerprint density at radius 2 is 1.12 bits per heavy atom. The molecule has 1 aliphatic heterocycles. The second-order valence-electron chi connectivity index (χ2n) is 11.9. The minimum atomic E-state index is -2.35. The predicted molar refractivity (Wildman–Crippen MR) is 168 cm³/mol. The number of likely N-dealkylation sites (N-methyl/N-ethyl adjacent to an activating group) is 1. The second kappa shape index (κ2) is 21.4. The fourth-order valence-corrected chi connectivity index (χ4v) is 5.22. The molecule has 1 aliphatic rings. The summed E-state index contributed by atoms with van der Waals surface area (Å²) in [5.74, 6) is -12.3. The summed E-state index contributed by atoms with van der Waals surface area (Å²) in [6.45, 7) is -0.0873. The van der Waals surface area contributed by atoms with E-state index in [0.29, 0.717) is 26.2 Å². The second-order valence-corrected chi connectivity index (χ2v) is 12.3. The first-order valence-electron chi connectivity index (χ1n) is 15.3. The number of ketones is 2. The smallest absolute Gasteiger partial charge is 0.327 e. The number of hydrogen-bond acceptors (Lipinski definition) is 17. The maximum Gasteiger partial charge on any atom is 0.327 e. The Hall–Kier alpha value is -2.83. The van der Waals surface area contributed by atoms with Gasteiger partial charge in [0.15, 0.2) is 5.78 Å². The van der Waals surface area contributed by atoms with E-state index < -0.39 is 134 Å². The van der Waals surface area contributed by atoms with Gasteiger partial charge in [0.2, 0.25) is 11.8 Å². The van der Waals surface area contributed by atoms with Crippen molar-refractivity contribution in [3.8, 4) is 0 Å². The Morgan fingerprint density at radius 1 is 0.673 bits per heavy atom. The summed E-state index contributed by atoms with van der Waals surface area (Å²) in [5, 5.41) is 103. The molecule has 2 amide bonds. The number of aliphatic hydroxyl groups excluding tert-OH is 8. The molecule has 1 saturated heterocycles. The van der Waals surface area contributed by atoms with Gasteiger partial charge in [0.05, 0.1) is 56.3 Å². The third-order valence-electron chi connectivity index (χ3n) is 8.11. The quantitative estimate of drug-likeness (QED) is 0.0435. The first-order chi connectivity index (χ1) is 22.9. The zero-order valence-corrected chi connectivity index (χ0v) is 27.7. The summed E-state index contributed by atoms with van der Waals surface area (Å²) in [6.07, 6.45) is -16.1. The number of thiol groups is 1. The Morgan fingerprint density at radius 3 is 1.53 bits per heavy atom. The third kappa shape index (κ3) is 14.1. The summed E-state index contributed by atoms with van der Waals surface area (Å²) in [6, 6.07) is -3.71. The van der Waals surface area contributed by atoms with Gasteiger partial charge in [0.1, 0.15) is 36.2 Å². The van der Waals surface area contributed by atoms with Crippen molar-refractivity contribution in [2.45, 2.75) is 68.0 Å². The molecule has 12 N–H and O–H groups in total. The lowest BCUT2D eigenvalue weighted by Gasteiger charge is -2.33. The van der Waals surface area contributed by atoms with Gasteiger partial charge in [-0.2, -0.15) is 12.6 Å². The minimum absolute atomic E-state index is 0.180. The van der Waals surface area contributed by atoms with Crippen molar-refractivity contribution in [3.63, 3.8) is 0 Å². The van der Waals surface area contributed by atoms with Crippen LogP contribution in [-0.4, -0.2) is 204 Å². The van der Waals surface area contributed by atoms with E-state index in [-0.39, 0.29) is 6.54 Å². The lowest BCUT2D eigenvalue weighted by Crippen LogP contribution is -2.55. The number of carbonyl (C=O) groups is 6. The molecule has 0 saturated carbocycles. The molecule has 0 aromatic rings. The number of nitrogens with zero attached hydrogens (tertiary/aromatic N) is 2. The molecule has 0 aromatic carbocycles. The van der Waals surface area contributed by atoms with Crippen molar-refractivity contribution in [2.75, 3.05) is 58.7 Å². The van der Waals surface area contributed by atoms with Gasteiger partial charge in [-0.05, 0) is 7.05 Å². The van der Waals surface area contributed by atoms with Crippen LogP contribution in [0.15, 0.2) is 0 Å². The molecule has 20 nitrogen and oxygen atoms in total. The molecule has 282 valence electrons. The zero-order valence-electron chi connectivity index (χ0n) is 26.8. The molecular formula is C28H48N4O16S. The van der Waals surface area contributed by atoms with Crippen LogP contribution in [0, 0.1) is 11.8 Å². The number of amides is 2.